The van der Waals surface area contributed by atoms with Crippen LogP contribution in [0.4, 0.5) is 0 Å². The van der Waals surface area contributed by atoms with Crippen molar-refractivity contribution >= 4 is 0 Å². The highest BCUT2D eigenvalue weighted by Crippen LogP contribution is 2.59. The largest absolute Gasteiger partial charge is 0.0714 e. The molecule has 10 aromatic carbocycles. The van der Waals surface area contributed by atoms with Crippen molar-refractivity contribution in [3.8, 4) is 77.9 Å². The molecule has 0 aliphatic heterocycles. The molecule has 292 valence electrons. The second kappa shape index (κ2) is 15.7. The van der Waals surface area contributed by atoms with Crippen LogP contribution in [0.5, 0.6) is 0 Å². The lowest BCUT2D eigenvalue weighted by Crippen LogP contribution is -2.28. The summed E-state index contributed by atoms with van der Waals surface area (Å²) >= 11 is 0. The van der Waals surface area contributed by atoms with Crippen LogP contribution in [-0.4, -0.2) is 0 Å². The molecular weight excluding hydrogens is 745 g/mol. The number of fused-ring (bicyclic) bond motifs is 3. The third-order valence-electron chi connectivity index (χ3n) is 12.9. The Labute approximate surface area is 365 Å². The molecule has 0 spiro atoms. The van der Waals surface area contributed by atoms with Gasteiger partial charge in [-0.2, -0.15) is 0 Å². The lowest BCUT2D eigenvalue weighted by Gasteiger charge is -2.35. The summed E-state index contributed by atoms with van der Waals surface area (Å²) < 4.78 is 0. The van der Waals surface area contributed by atoms with E-state index in [1.54, 1.807) is 0 Å². The fraction of sp³-hybridized carbons (Fsp3) is 0.0323. The summed E-state index contributed by atoms with van der Waals surface area (Å²) in [6, 6.07) is 91.7. The molecule has 0 heterocycles. The minimum atomic E-state index is -0.621. The van der Waals surface area contributed by atoms with Crippen LogP contribution >= 0.6 is 0 Å². The van der Waals surface area contributed by atoms with E-state index in [-0.39, 0.29) is 0 Å². The van der Waals surface area contributed by atoms with Gasteiger partial charge < -0.3 is 0 Å². The minimum Gasteiger partial charge on any atom is -0.0622 e. The van der Waals surface area contributed by atoms with E-state index in [9.17, 15) is 0 Å². The second-order valence-corrected chi connectivity index (χ2v) is 16.5. The van der Waals surface area contributed by atoms with Crippen LogP contribution in [0.1, 0.15) is 27.8 Å². The molecule has 0 radical (unpaired) electrons. The van der Waals surface area contributed by atoms with Crippen LogP contribution in [0.25, 0.3) is 77.9 Å². The molecule has 0 heteroatoms. The summed E-state index contributed by atoms with van der Waals surface area (Å²) in [6.07, 6.45) is 0. The zero-order valence-electron chi connectivity index (χ0n) is 34.7. The van der Waals surface area contributed by atoms with Crippen LogP contribution in [0.2, 0.25) is 0 Å². The van der Waals surface area contributed by atoms with Gasteiger partial charge in [-0.25, -0.2) is 0 Å². The maximum Gasteiger partial charge on any atom is 0.0714 e. The van der Waals surface area contributed by atoms with E-state index in [4.69, 9.17) is 0 Å². The molecule has 0 N–H and O–H groups in total. The molecule has 11 rings (SSSR count). The van der Waals surface area contributed by atoms with Crippen molar-refractivity contribution in [1.82, 2.24) is 0 Å². The molecule has 10 aromatic rings. The average molecular weight is 789 g/mol. The quantitative estimate of drug-likeness (QED) is 0.144. The molecule has 0 saturated heterocycles. The highest BCUT2D eigenvalue weighted by Gasteiger charge is 2.47. The van der Waals surface area contributed by atoms with Crippen LogP contribution in [0.3, 0.4) is 0 Å². The van der Waals surface area contributed by atoms with Gasteiger partial charge in [-0.05, 0) is 143 Å². The Morgan fingerprint density at radius 3 is 1.03 bits per heavy atom. The van der Waals surface area contributed by atoms with Crippen molar-refractivity contribution in [2.45, 2.75) is 12.3 Å². The van der Waals surface area contributed by atoms with Crippen LogP contribution in [-0.2, 0) is 5.41 Å². The molecule has 0 fully saturated rings. The summed E-state index contributed by atoms with van der Waals surface area (Å²) in [5, 5.41) is 0. The second-order valence-electron chi connectivity index (χ2n) is 16.5. The van der Waals surface area contributed by atoms with Gasteiger partial charge in [-0.3, -0.25) is 0 Å². The smallest absolute Gasteiger partial charge is 0.0622 e. The predicted molar refractivity (Wildman–Crippen MR) is 261 cm³/mol. The van der Waals surface area contributed by atoms with Gasteiger partial charge in [0.05, 0.1) is 5.41 Å². The molecule has 0 nitrogen and oxygen atoms in total. The molecule has 0 amide bonds. The Kier molecular flexibility index (Phi) is 9.40. The Bertz CT molecular complexity index is 3100. The molecule has 0 aromatic heterocycles. The van der Waals surface area contributed by atoms with Crippen LogP contribution < -0.4 is 0 Å². The van der Waals surface area contributed by atoms with E-state index in [0.29, 0.717) is 0 Å². The van der Waals surface area contributed by atoms with Gasteiger partial charge in [0.25, 0.3) is 0 Å². The van der Waals surface area contributed by atoms with E-state index in [1.807, 2.05) is 0 Å². The molecule has 0 bridgehead atoms. The van der Waals surface area contributed by atoms with Crippen LogP contribution in [0, 0.1) is 6.92 Å². The first-order valence-electron chi connectivity index (χ1n) is 21.6. The van der Waals surface area contributed by atoms with E-state index >= 15 is 0 Å². The van der Waals surface area contributed by atoms with Crippen molar-refractivity contribution in [1.29, 1.82) is 0 Å². The first-order valence-corrected chi connectivity index (χ1v) is 21.6. The van der Waals surface area contributed by atoms with Crippen molar-refractivity contribution < 1.29 is 0 Å². The van der Waals surface area contributed by atoms with Gasteiger partial charge in [0, 0.05) is 0 Å². The van der Waals surface area contributed by atoms with Crippen molar-refractivity contribution in [3.63, 3.8) is 0 Å². The maximum atomic E-state index is 2.46. The average Bonchev–Trinajstić information content (AvgIpc) is 3.67. The van der Waals surface area contributed by atoms with Crippen LogP contribution in [0.15, 0.2) is 249 Å². The Hall–Kier alpha value is -7.80. The molecule has 0 unspecified atom stereocenters. The van der Waals surface area contributed by atoms with Gasteiger partial charge >= 0.3 is 0 Å². The normalized spacial score (nSPS) is 12.4. The zero-order valence-corrected chi connectivity index (χ0v) is 34.7. The highest BCUT2D eigenvalue weighted by molar-refractivity contribution is 5.97. The van der Waals surface area contributed by atoms with Gasteiger partial charge in [0.15, 0.2) is 0 Å². The van der Waals surface area contributed by atoms with E-state index in [2.05, 4.69) is 256 Å². The monoisotopic (exact) mass is 788 g/mol. The lowest BCUT2D eigenvalue weighted by molar-refractivity contribution is 0.769. The molecular formula is C62H44. The topological polar surface area (TPSA) is 0 Å². The molecule has 1 aliphatic rings. The number of rotatable bonds is 8. The number of hydrogen-bond acceptors (Lipinski definition) is 0. The Morgan fingerprint density at radius 2 is 0.565 bits per heavy atom. The highest BCUT2D eigenvalue weighted by atomic mass is 14.5. The van der Waals surface area contributed by atoms with Gasteiger partial charge in [-0.15, -0.1) is 0 Å². The molecule has 0 atom stereocenters. The fourth-order valence-electron chi connectivity index (χ4n) is 10.00. The Morgan fingerprint density at radius 1 is 0.242 bits per heavy atom. The number of aryl methyl sites for hydroxylation is 1. The summed E-state index contributed by atoms with van der Waals surface area (Å²) in [5.74, 6) is 0. The zero-order chi connectivity index (χ0) is 41.5. The molecule has 62 heavy (non-hydrogen) atoms. The van der Waals surface area contributed by atoms with E-state index in [1.165, 1.54) is 106 Å². The lowest BCUT2D eigenvalue weighted by atomic mass is 9.66. The third kappa shape index (κ3) is 6.40. The summed E-state index contributed by atoms with van der Waals surface area (Å²) in [7, 11) is 0. The summed E-state index contributed by atoms with van der Waals surface area (Å²) in [6.45, 7) is 2.28. The summed E-state index contributed by atoms with van der Waals surface area (Å²) in [5.41, 5.74) is 22.9. The molecule has 1 aliphatic carbocycles. The van der Waals surface area contributed by atoms with Crippen molar-refractivity contribution in [3.05, 3.63) is 277 Å². The number of benzene rings is 10. The number of hydrogen-bond donors (Lipinski definition) is 0. The SMILES string of the molecule is Cc1cccc2c1-c1c(-c3cccc(-c4ccccc4)c3)cccc1C2(c1cccc(-c2cccc(-c3ccccc3)c2)c1)c1cccc(-c2cccc(-c3ccccc3)c2)c1. The van der Waals surface area contributed by atoms with Gasteiger partial charge in [0.1, 0.15) is 0 Å². The minimum absolute atomic E-state index is 0.621. The first kappa shape index (κ1) is 37.2. The molecule has 0 saturated carbocycles. The fourth-order valence-corrected chi connectivity index (χ4v) is 10.00. The first-order chi connectivity index (χ1) is 30.6. The van der Waals surface area contributed by atoms with E-state index in [0.717, 1.165) is 0 Å². The van der Waals surface area contributed by atoms with E-state index < -0.39 is 5.41 Å². The van der Waals surface area contributed by atoms with Crippen molar-refractivity contribution in [2.24, 2.45) is 0 Å². The summed E-state index contributed by atoms with van der Waals surface area (Å²) in [4.78, 5) is 0. The third-order valence-corrected chi connectivity index (χ3v) is 12.9. The van der Waals surface area contributed by atoms with Gasteiger partial charge in [-0.1, -0.05) is 218 Å². The predicted octanol–water partition coefficient (Wildman–Crippen LogP) is 16.4. The standard InChI is InChI=1S/C62H44/c1-43-18-11-36-58-60(43)61-57(54-32-14-27-49(40-54)46-23-9-4-10-24-46)35-17-37-59(61)62(58,55-33-15-30-52(41-55)50-28-12-25-47(38-50)44-19-5-2-6-20-44)56-34-16-31-53(42-56)51-29-13-26-48(39-51)45-21-7-3-8-22-45/h2-42H,1H3. The maximum absolute atomic E-state index is 2.46. The van der Waals surface area contributed by atoms with Gasteiger partial charge in [0.2, 0.25) is 0 Å². The van der Waals surface area contributed by atoms with Crippen molar-refractivity contribution in [2.75, 3.05) is 0 Å². The Balaban J connectivity index is 1.16.